The van der Waals surface area contributed by atoms with Crippen molar-refractivity contribution in [3.63, 3.8) is 0 Å². The molecule has 2 rings (SSSR count). The van der Waals surface area contributed by atoms with Gasteiger partial charge in [-0.25, -0.2) is 0 Å². The van der Waals surface area contributed by atoms with Crippen molar-refractivity contribution in [1.29, 1.82) is 0 Å². The number of benzene rings is 1. The Bertz CT molecular complexity index is 545. The highest BCUT2D eigenvalue weighted by atomic mass is 32.2. The molecule has 1 aliphatic heterocycles. The van der Waals surface area contributed by atoms with E-state index in [4.69, 9.17) is 4.43 Å². The average molecular weight is 354 g/mol. The van der Waals surface area contributed by atoms with Crippen LogP contribution in [-0.4, -0.2) is 30.8 Å². The molecule has 1 aromatic rings. The number of β-lactam (4-membered cyclic amide) rings is 1. The van der Waals surface area contributed by atoms with Crippen molar-refractivity contribution in [1.82, 2.24) is 5.32 Å². The molecular formula is C17H27NO3SSi. The van der Waals surface area contributed by atoms with Crippen molar-refractivity contribution in [3.05, 3.63) is 30.3 Å². The van der Waals surface area contributed by atoms with Crippen molar-refractivity contribution >= 4 is 25.4 Å². The molecule has 1 fully saturated rings. The molecule has 1 aliphatic rings. The first-order chi connectivity index (χ1) is 10.6. The summed E-state index contributed by atoms with van der Waals surface area (Å²) in [6.45, 7) is 11.5. The highest BCUT2D eigenvalue weighted by Crippen LogP contribution is 2.37. The van der Waals surface area contributed by atoms with E-state index in [1.54, 1.807) is 0 Å². The molecule has 0 saturated carbocycles. The summed E-state index contributed by atoms with van der Waals surface area (Å²) in [7, 11) is -1.80. The van der Waals surface area contributed by atoms with Crippen LogP contribution in [0.5, 0.6) is 0 Å². The Labute approximate surface area is 143 Å². The molecule has 1 saturated heterocycles. The molecule has 0 bridgehead atoms. The number of rotatable bonds is 6. The first kappa shape index (κ1) is 18.5. The number of hydrogen-bond acceptors (Lipinski definition) is 3. The second kappa shape index (κ2) is 6.97. The van der Waals surface area contributed by atoms with E-state index in [1.165, 1.54) is 0 Å². The van der Waals surface area contributed by atoms with E-state index in [-0.39, 0.29) is 22.2 Å². The predicted octanol–water partition coefficient (Wildman–Crippen LogP) is 3.28. The summed E-state index contributed by atoms with van der Waals surface area (Å²) in [4.78, 5) is 12.6. The Hall–Kier alpha value is -0.823. The van der Waals surface area contributed by atoms with Gasteiger partial charge in [-0.05, 0) is 36.7 Å². The van der Waals surface area contributed by atoms with Gasteiger partial charge in [-0.15, -0.1) is 0 Å². The van der Waals surface area contributed by atoms with E-state index in [2.05, 4.69) is 39.2 Å². The van der Waals surface area contributed by atoms with Crippen LogP contribution in [0.25, 0.3) is 0 Å². The Kier molecular flexibility index (Phi) is 5.61. The maximum Gasteiger partial charge on any atom is 0.234 e. The lowest BCUT2D eigenvalue weighted by atomic mass is 9.98. The van der Waals surface area contributed by atoms with Gasteiger partial charge in [0.25, 0.3) is 0 Å². The summed E-state index contributed by atoms with van der Waals surface area (Å²) in [5.41, 5.74) is 0. The van der Waals surface area contributed by atoms with Crippen LogP contribution in [-0.2, 0) is 20.4 Å². The van der Waals surface area contributed by atoms with E-state index in [1.807, 2.05) is 30.3 Å². The topological polar surface area (TPSA) is 61.4 Å². The van der Waals surface area contributed by atoms with Gasteiger partial charge in [0, 0.05) is 17.8 Å². The van der Waals surface area contributed by atoms with Crippen LogP contribution in [0.1, 0.15) is 27.2 Å². The van der Waals surface area contributed by atoms with Gasteiger partial charge in [-0.1, -0.05) is 39.0 Å². The minimum absolute atomic E-state index is 0.0156. The van der Waals surface area contributed by atoms with Gasteiger partial charge in [0.2, 0.25) is 11.3 Å². The van der Waals surface area contributed by atoms with Gasteiger partial charge in [-0.2, -0.15) is 0 Å². The minimum atomic E-state index is -1.80. The maximum absolute atomic E-state index is 12.6. The molecular weight excluding hydrogens is 326 g/mol. The third-order valence-corrected chi connectivity index (χ3v) is 11.1. The zero-order valence-corrected chi connectivity index (χ0v) is 16.4. The summed E-state index contributed by atoms with van der Waals surface area (Å²) in [6.07, 6.45) is 0.627. The standard InChI is InChI=1S/C17H27NO3SSi/c1-17(2,3)23(4,5)21-12-11-14-15(19)18-16(14)22(20)13-9-7-6-8-10-13/h6-10,14,16H,11-12H2,1-5H3,(H,18,19)/t14-,16+,22?/m0/s1. The Morgan fingerprint density at radius 2 is 1.87 bits per heavy atom. The van der Waals surface area contributed by atoms with Crippen LogP contribution < -0.4 is 5.32 Å². The Morgan fingerprint density at radius 3 is 2.39 bits per heavy atom. The van der Waals surface area contributed by atoms with Gasteiger partial charge >= 0.3 is 0 Å². The summed E-state index contributed by atoms with van der Waals surface area (Å²) in [5, 5.41) is 2.64. The molecule has 0 spiro atoms. The van der Waals surface area contributed by atoms with E-state index >= 15 is 0 Å². The highest BCUT2D eigenvalue weighted by molar-refractivity contribution is 7.92. The molecule has 1 heterocycles. The molecule has 1 unspecified atom stereocenters. The zero-order valence-electron chi connectivity index (χ0n) is 14.6. The molecule has 1 aromatic carbocycles. The molecule has 23 heavy (non-hydrogen) atoms. The average Bonchev–Trinajstić information content (AvgIpc) is 2.48. The molecule has 3 atom stereocenters. The summed E-state index contributed by atoms with van der Waals surface area (Å²) in [6, 6.07) is 9.30. The molecule has 4 nitrogen and oxygen atoms in total. The molecule has 0 aliphatic carbocycles. The van der Waals surface area contributed by atoms with Crippen molar-refractivity contribution in [2.45, 2.75) is 55.6 Å². The van der Waals surface area contributed by atoms with Crippen LogP contribution in [0.15, 0.2) is 35.2 Å². The maximum atomic E-state index is 12.6. The van der Waals surface area contributed by atoms with Crippen LogP contribution in [0, 0.1) is 5.92 Å². The molecule has 128 valence electrons. The number of nitrogens with one attached hydrogen (secondary N) is 1. The number of carbonyl (C=O) groups excluding carboxylic acids is 1. The van der Waals surface area contributed by atoms with Gasteiger partial charge < -0.3 is 14.3 Å². The fraction of sp³-hybridized carbons (Fsp3) is 0.588. The van der Waals surface area contributed by atoms with Gasteiger partial charge in [0.1, 0.15) is 5.92 Å². The van der Waals surface area contributed by atoms with Crippen LogP contribution in [0.4, 0.5) is 0 Å². The molecule has 1 amide bonds. The molecule has 0 aromatic heterocycles. The third-order valence-electron chi connectivity index (χ3n) is 4.89. The van der Waals surface area contributed by atoms with Crippen molar-refractivity contribution in [2.75, 3.05) is 6.61 Å². The lowest BCUT2D eigenvalue weighted by Crippen LogP contribution is -2.62. The minimum Gasteiger partial charge on any atom is -0.610 e. The molecule has 1 N–H and O–H groups in total. The van der Waals surface area contributed by atoms with Crippen LogP contribution in [0.3, 0.4) is 0 Å². The highest BCUT2D eigenvalue weighted by Gasteiger charge is 2.48. The first-order valence-electron chi connectivity index (χ1n) is 8.03. The van der Waals surface area contributed by atoms with Crippen LogP contribution >= 0.6 is 0 Å². The van der Waals surface area contributed by atoms with Crippen molar-refractivity contribution in [2.24, 2.45) is 5.92 Å². The fourth-order valence-corrected chi connectivity index (χ4v) is 4.79. The number of hydrogen-bond donors (Lipinski definition) is 1. The van der Waals surface area contributed by atoms with E-state index in [9.17, 15) is 9.35 Å². The molecule has 0 radical (unpaired) electrons. The smallest absolute Gasteiger partial charge is 0.234 e. The van der Waals surface area contributed by atoms with E-state index in [0.717, 1.165) is 4.90 Å². The summed E-state index contributed by atoms with van der Waals surface area (Å²) >= 11 is -1.21. The van der Waals surface area contributed by atoms with E-state index in [0.29, 0.717) is 13.0 Å². The predicted molar refractivity (Wildman–Crippen MR) is 96.0 cm³/mol. The zero-order chi connectivity index (χ0) is 17.3. The Balaban J connectivity index is 1.91. The summed E-state index contributed by atoms with van der Waals surface area (Å²) in [5.74, 6) is -0.237. The normalized spacial score (nSPS) is 23.1. The number of amides is 1. The first-order valence-corrected chi connectivity index (χ1v) is 12.2. The molecule has 6 heteroatoms. The second-order valence-electron chi connectivity index (χ2n) is 7.54. The third kappa shape index (κ3) is 4.18. The lowest BCUT2D eigenvalue weighted by molar-refractivity contribution is -0.133. The Morgan fingerprint density at radius 1 is 1.26 bits per heavy atom. The monoisotopic (exact) mass is 353 g/mol. The second-order valence-corrected chi connectivity index (χ2v) is 13.9. The largest absolute Gasteiger partial charge is 0.610 e. The quantitative estimate of drug-likeness (QED) is 0.485. The van der Waals surface area contributed by atoms with Gasteiger partial charge in [0.15, 0.2) is 13.2 Å². The summed E-state index contributed by atoms with van der Waals surface area (Å²) < 4.78 is 18.7. The lowest BCUT2D eigenvalue weighted by Gasteiger charge is -2.39. The van der Waals surface area contributed by atoms with Crippen molar-refractivity contribution < 1.29 is 13.8 Å². The van der Waals surface area contributed by atoms with Gasteiger partial charge in [0.05, 0.1) is 0 Å². The van der Waals surface area contributed by atoms with E-state index < -0.39 is 19.5 Å². The SMILES string of the molecule is CC(C)(C)[Si](C)(C)OCC[C@H]1C(=O)N[C@@H]1[S+]([O-])c1ccccc1. The van der Waals surface area contributed by atoms with Crippen LogP contribution in [0.2, 0.25) is 18.1 Å². The number of carbonyl (C=O) groups is 1. The van der Waals surface area contributed by atoms with Crippen molar-refractivity contribution in [3.8, 4) is 0 Å². The fourth-order valence-electron chi connectivity index (χ4n) is 2.23. The van der Waals surface area contributed by atoms with Gasteiger partial charge in [-0.3, -0.25) is 4.79 Å².